The van der Waals surface area contributed by atoms with E-state index in [1.807, 2.05) is 42.9 Å². The molecule has 1 aliphatic heterocycles. The highest BCUT2D eigenvalue weighted by molar-refractivity contribution is 5.67. The van der Waals surface area contributed by atoms with Crippen LogP contribution in [0.2, 0.25) is 0 Å². The third-order valence-electron chi connectivity index (χ3n) is 5.65. The molecule has 0 aliphatic carbocycles. The molecule has 7 heteroatoms. The normalized spacial score (nSPS) is 14.9. The van der Waals surface area contributed by atoms with Crippen LogP contribution < -0.4 is 9.64 Å². The number of fused-ring (bicyclic) bond motifs is 1. The first-order valence-electron chi connectivity index (χ1n) is 10.1. The first-order chi connectivity index (χ1) is 14.7. The van der Waals surface area contributed by atoms with Gasteiger partial charge in [0.15, 0.2) is 5.65 Å². The predicted molar refractivity (Wildman–Crippen MR) is 118 cm³/mol. The van der Waals surface area contributed by atoms with Gasteiger partial charge < -0.3 is 14.5 Å². The number of aromatic nitrogens is 4. The maximum absolute atomic E-state index is 5.26. The summed E-state index contributed by atoms with van der Waals surface area (Å²) in [7, 11) is 3.83. The molecule has 0 N–H and O–H groups in total. The standard InChI is InChI=1S/C23H24N6O/c1-27-9-11-28(12-10-27)22-8-5-18(13-25-22)20-16-29-21(14-26-23(29)15-24-20)17-3-6-19(30-2)7-4-17/h3-8,13-16H,9-12H2,1-2H3. The van der Waals surface area contributed by atoms with Crippen LogP contribution in [0.4, 0.5) is 5.82 Å². The molecule has 5 rings (SSSR count). The van der Waals surface area contributed by atoms with Crippen molar-refractivity contribution in [3.63, 3.8) is 0 Å². The highest BCUT2D eigenvalue weighted by atomic mass is 16.5. The summed E-state index contributed by atoms with van der Waals surface area (Å²) >= 11 is 0. The minimum absolute atomic E-state index is 0.812. The highest BCUT2D eigenvalue weighted by Crippen LogP contribution is 2.26. The molecule has 3 aromatic heterocycles. The molecule has 0 bridgehead atoms. The Labute approximate surface area is 175 Å². The summed E-state index contributed by atoms with van der Waals surface area (Å²) in [6.07, 6.45) is 7.61. The number of anilines is 1. The van der Waals surface area contributed by atoms with Crippen LogP contribution in [0.5, 0.6) is 5.75 Å². The van der Waals surface area contributed by atoms with E-state index in [1.165, 1.54) is 0 Å². The Balaban J connectivity index is 1.44. The Morgan fingerprint density at radius 3 is 2.27 bits per heavy atom. The van der Waals surface area contributed by atoms with Gasteiger partial charge >= 0.3 is 0 Å². The zero-order valence-electron chi connectivity index (χ0n) is 17.2. The van der Waals surface area contributed by atoms with Crippen LogP contribution in [0.25, 0.3) is 28.2 Å². The lowest BCUT2D eigenvalue weighted by Gasteiger charge is -2.33. The molecule has 30 heavy (non-hydrogen) atoms. The first kappa shape index (κ1) is 18.6. The number of pyridine rings is 1. The van der Waals surface area contributed by atoms with E-state index in [0.29, 0.717) is 0 Å². The number of imidazole rings is 1. The van der Waals surface area contributed by atoms with Gasteiger partial charge in [-0.3, -0.25) is 9.38 Å². The number of benzene rings is 1. The van der Waals surface area contributed by atoms with Gasteiger partial charge in [0.05, 0.1) is 30.9 Å². The van der Waals surface area contributed by atoms with Gasteiger partial charge in [0.25, 0.3) is 0 Å². The summed E-state index contributed by atoms with van der Waals surface area (Å²) in [6.45, 7) is 4.15. The van der Waals surface area contributed by atoms with Gasteiger partial charge in [-0.1, -0.05) is 0 Å². The maximum atomic E-state index is 5.26. The van der Waals surface area contributed by atoms with Gasteiger partial charge in [0.1, 0.15) is 11.6 Å². The second kappa shape index (κ2) is 7.76. The fourth-order valence-electron chi connectivity index (χ4n) is 3.77. The van der Waals surface area contributed by atoms with E-state index in [9.17, 15) is 0 Å². The average molecular weight is 400 g/mol. The number of likely N-dealkylation sites (N-methyl/N-ethyl adjacent to an activating group) is 1. The number of nitrogens with zero attached hydrogens (tertiary/aromatic N) is 6. The largest absolute Gasteiger partial charge is 0.497 e. The van der Waals surface area contributed by atoms with E-state index in [-0.39, 0.29) is 0 Å². The van der Waals surface area contributed by atoms with Crippen molar-refractivity contribution in [2.75, 3.05) is 45.2 Å². The fraction of sp³-hybridized carbons (Fsp3) is 0.261. The van der Waals surface area contributed by atoms with Crippen molar-refractivity contribution in [2.24, 2.45) is 0 Å². The molecule has 1 aromatic carbocycles. The van der Waals surface area contributed by atoms with E-state index in [1.54, 1.807) is 13.3 Å². The van der Waals surface area contributed by atoms with E-state index < -0.39 is 0 Å². The van der Waals surface area contributed by atoms with Gasteiger partial charge in [0, 0.05) is 49.7 Å². The smallest absolute Gasteiger partial charge is 0.155 e. The fourth-order valence-corrected chi connectivity index (χ4v) is 3.77. The number of hydrogen-bond acceptors (Lipinski definition) is 6. The summed E-state index contributed by atoms with van der Waals surface area (Å²) in [4.78, 5) is 18.5. The van der Waals surface area contributed by atoms with Crippen LogP contribution in [0.15, 0.2) is 61.2 Å². The van der Waals surface area contributed by atoms with E-state index in [0.717, 1.165) is 65.9 Å². The first-order valence-corrected chi connectivity index (χ1v) is 10.1. The topological polar surface area (TPSA) is 58.8 Å². The number of piperazine rings is 1. The van der Waals surface area contributed by atoms with Crippen LogP contribution in [-0.4, -0.2) is 64.6 Å². The van der Waals surface area contributed by atoms with E-state index >= 15 is 0 Å². The molecular formula is C23H24N6O. The second-order valence-corrected chi connectivity index (χ2v) is 7.57. The molecular weight excluding hydrogens is 376 g/mol. The third-order valence-corrected chi connectivity index (χ3v) is 5.65. The van der Waals surface area contributed by atoms with Crippen molar-refractivity contribution in [3.05, 3.63) is 61.2 Å². The number of hydrogen-bond donors (Lipinski definition) is 0. The average Bonchev–Trinajstić information content (AvgIpc) is 3.23. The highest BCUT2D eigenvalue weighted by Gasteiger charge is 2.15. The number of rotatable bonds is 4. The van der Waals surface area contributed by atoms with Gasteiger partial charge in [-0.05, 0) is 43.4 Å². The lowest BCUT2D eigenvalue weighted by Crippen LogP contribution is -2.44. The van der Waals surface area contributed by atoms with Crippen LogP contribution in [-0.2, 0) is 0 Å². The molecule has 0 atom stereocenters. The van der Waals surface area contributed by atoms with Crippen LogP contribution >= 0.6 is 0 Å². The molecule has 1 fully saturated rings. The van der Waals surface area contributed by atoms with Crippen molar-refractivity contribution in [2.45, 2.75) is 0 Å². The number of methoxy groups -OCH3 is 1. The van der Waals surface area contributed by atoms with Crippen molar-refractivity contribution >= 4 is 11.5 Å². The molecule has 7 nitrogen and oxygen atoms in total. The molecule has 0 radical (unpaired) electrons. The molecule has 0 amide bonds. The molecule has 1 aliphatic rings. The second-order valence-electron chi connectivity index (χ2n) is 7.57. The Hall–Kier alpha value is -3.45. The monoisotopic (exact) mass is 400 g/mol. The molecule has 0 saturated carbocycles. The van der Waals surface area contributed by atoms with E-state index in [2.05, 4.69) is 43.3 Å². The van der Waals surface area contributed by atoms with Crippen molar-refractivity contribution in [3.8, 4) is 28.3 Å². The Morgan fingerprint density at radius 1 is 0.800 bits per heavy atom. The number of ether oxygens (including phenoxy) is 1. The Kier molecular flexibility index (Phi) is 4.80. The predicted octanol–water partition coefficient (Wildman–Crippen LogP) is 3.22. The lowest BCUT2D eigenvalue weighted by molar-refractivity contribution is 0.312. The Bertz CT molecular complexity index is 1140. The quantitative estimate of drug-likeness (QED) is 0.524. The SMILES string of the molecule is COc1ccc(-c2cnc3cnc(-c4ccc(N5CCN(C)CC5)nc4)cn23)cc1. The molecule has 0 unspecified atom stereocenters. The van der Waals surface area contributed by atoms with E-state index in [4.69, 9.17) is 9.72 Å². The summed E-state index contributed by atoms with van der Waals surface area (Å²) in [5.41, 5.74) is 4.76. The summed E-state index contributed by atoms with van der Waals surface area (Å²) < 4.78 is 7.33. The van der Waals surface area contributed by atoms with Gasteiger partial charge in [0.2, 0.25) is 0 Å². The zero-order valence-corrected chi connectivity index (χ0v) is 17.2. The molecule has 0 spiro atoms. The molecule has 152 valence electrons. The van der Waals surface area contributed by atoms with Crippen LogP contribution in [0.3, 0.4) is 0 Å². The zero-order chi connectivity index (χ0) is 20.5. The maximum Gasteiger partial charge on any atom is 0.155 e. The van der Waals surface area contributed by atoms with Crippen molar-refractivity contribution in [1.82, 2.24) is 24.3 Å². The molecule has 4 aromatic rings. The van der Waals surface area contributed by atoms with Crippen molar-refractivity contribution < 1.29 is 4.74 Å². The molecule has 4 heterocycles. The minimum atomic E-state index is 0.812. The lowest BCUT2D eigenvalue weighted by atomic mass is 10.1. The summed E-state index contributed by atoms with van der Waals surface area (Å²) in [5, 5.41) is 0. The van der Waals surface area contributed by atoms with Crippen molar-refractivity contribution in [1.29, 1.82) is 0 Å². The Morgan fingerprint density at radius 2 is 1.57 bits per heavy atom. The van der Waals surface area contributed by atoms with Gasteiger partial charge in [-0.2, -0.15) is 0 Å². The third kappa shape index (κ3) is 3.48. The summed E-state index contributed by atoms with van der Waals surface area (Å²) in [5.74, 6) is 1.86. The van der Waals surface area contributed by atoms with Gasteiger partial charge in [-0.15, -0.1) is 0 Å². The summed E-state index contributed by atoms with van der Waals surface area (Å²) in [6, 6.07) is 12.2. The van der Waals surface area contributed by atoms with Crippen LogP contribution in [0, 0.1) is 0 Å². The van der Waals surface area contributed by atoms with Crippen LogP contribution in [0.1, 0.15) is 0 Å². The minimum Gasteiger partial charge on any atom is -0.497 e. The molecule has 1 saturated heterocycles. The van der Waals surface area contributed by atoms with Gasteiger partial charge in [-0.25, -0.2) is 9.97 Å².